The van der Waals surface area contributed by atoms with Gasteiger partial charge in [0.25, 0.3) is 0 Å². The molecule has 0 aliphatic carbocycles. The summed E-state index contributed by atoms with van der Waals surface area (Å²) in [4.78, 5) is 4.40. The van der Waals surface area contributed by atoms with Crippen molar-refractivity contribution in [3.63, 3.8) is 0 Å². The Labute approximate surface area is 137 Å². The van der Waals surface area contributed by atoms with Gasteiger partial charge in [0.2, 0.25) is 0 Å². The second-order valence-corrected chi connectivity index (χ2v) is 5.94. The molecule has 1 unspecified atom stereocenters. The highest BCUT2D eigenvalue weighted by Crippen LogP contribution is 2.42. The molecule has 0 aliphatic rings. The molecule has 118 valence electrons. The van der Waals surface area contributed by atoms with Gasteiger partial charge in [-0.05, 0) is 50.9 Å². The zero-order chi connectivity index (χ0) is 16.3. The molecule has 22 heavy (non-hydrogen) atoms. The molecule has 2 aromatic rings. The minimum absolute atomic E-state index is 0.178. The van der Waals surface area contributed by atoms with Gasteiger partial charge in [-0.3, -0.25) is 4.98 Å². The summed E-state index contributed by atoms with van der Waals surface area (Å²) >= 11 is 6.46. The molecule has 2 rings (SSSR count). The number of hydrogen-bond acceptors (Lipinski definition) is 3. The van der Waals surface area contributed by atoms with Crippen LogP contribution in [0.2, 0.25) is 5.02 Å². The minimum Gasteiger partial charge on any atom is -0.493 e. The Balaban J connectivity index is 2.73. The zero-order valence-electron chi connectivity index (χ0n) is 13.6. The lowest BCUT2D eigenvalue weighted by Gasteiger charge is -2.21. The number of aromatic nitrogens is 1. The predicted octanol–water partition coefficient (Wildman–Crippen LogP) is 4.48. The van der Waals surface area contributed by atoms with E-state index in [2.05, 4.69) is 18.0 Å². The van der Waals surface area contributed by atoms with Crippen molar-refractivity contribution in [1.29, 1.82) is 0 Å². The molecule has 0 amide bonds. The normalized spacial score (nSPS) is 12.3. The first-order valence-corrected chi connectivity index (χ1v) is 7.96. The molecule has 0 saturated carbocycles. The number of halogens is 1. The van der Waals surface area contributed by atoms with E-state index in [1.165, 1.54) is 0 Å². The minimum atomic E-state index is 0.178. The second-order valence-electron chi connectivity index (χ2n) is 5.53. The number of nitrogens with two attached hydrogens (primary N) is 1. The summed E-state index contributed by atoms with van der Waals surface area (Å²) in [6, 6.07) is 6.03. The van der Waals surface area contributed by atoms with Crippen LogP contribution in [0.4, 0.5) is 0 Å². The first-order chi connectivity index (χ1) is 10.5. The molecule has 1 aromatic carbocycles. The molecule has 0 saturated heterocycles. The molecular weight excluding hydrogens is 296 g/mol. The van der Waals surface area contributed by atoms with Crippen molar-refractivity contribution in [1.82, 2.24) is 4.98 Å². The smallest absolute Gasteiger partial charge is 0.131 e. The Morgan fingerprint density at radius 3 is 2.59 bits per heavy atom. The van der Waals surface area contributed by atoms with Crippen molar-refractivity contribution < 1.29 is 4.74 Å². The summed E-state index contributed by atoms with van der Waals surface area (Å²) in [5.74, 6) is 1.05. The predicted molar refractivity (Wildman–Crippen MR) is 92.8 cm³/mol. The van der Waals surface area contributed by atoms with Crippen LogP contribution < -0.4 is 10.5 Å². The van der Waals surface area contributed by atoms with Crippen molar-refractivity contribution in [2.24, 2.45) is 5.73 Å². The Kier molecular flexibility index (Phi) is 5.43. The number of aryl methyl sites for hydroxylation is 1. The molecule has 0 aliphatic heterocycles. The van der Waals surface area contributed by atoms with E-state index in [-0.39, 0.29) is 5.92 Å². The summed E-state index contributed by atoms with van der Waals surface area (Å²) in [6.07, 6.45) is 1.87. The SMILES string of the molecule is CCOc1c(C(C)CN)cc(Cl)c(C)c1-c1ccc(C)nc1. The van der Waals surface area contributed by atoms with E-state index in [1.54, 1.807) is 0 Å². The lowest BCUT2D eigenvalue weighted by molar-refractivity contribution is 0.336. The fourth-order valence-electron chi connectivity index (χ4n) is 2.50. The van der Waals surface area contributed by atoms with Crippen molar-refractivity contribution in [2.45, 2.75) is 33.6 Å². The Bertz CT molecular complexity index is 653. The number of nitrogens with zero attached hydrogens (tertiary/aromatic N) is 1. The fourth-order valence-corrected chi connectivity index (χ4v) is 2.71. The van der Waals surface area contributed by atoms with Crippen LogP contribution in [0, 0.1) is 13.8 Å². The maximum absolute atomic E-state index is 6.46. The summed E-state index contributed by atoms with van der Waals surface area (Å²) in [5, 5.41) is 0.731. The van der Waals surface area contributed by atoms with Gasteiger partial charge in [0.05, 0.1) is 6.61 Å². The van der Waals surface area contributed by atoms with Gasteiger partial charge in [-0.1, -0.05) is 24.6 Å². The van der Waals surface area contributed by atoms with Crippen LogP contribution in [0.1, 0.15) is 36.6 Å². The molecule has 1 aromatic heterocycles. The highest BCUT2D eigenvalue weighted by atomic mass is 35.5. The van der Waals surface area contributed by atoms with Gasteiger partial charge in [0, 0.05) is 33.6 Å². The molecule has 4 heteroatoms. The standard InChI is InChI=1S/C18H23ClN2O/c1-5-22-18-15(11(2)9-20)8-16(19)13(4)17(18)14-7-6-12(3)21-10-14/h6-8,10-11H,5,9,20H2,1-4H3. The van der Waals surface area contributed by atoms with E-state index in [9.17, 15) is 0 Å². The lowest BCUT2D eigenvalue weighted by atomic mass is 9.91. The van der Waals surface area contributed by atoms with Gasteiger partial charge in [-0.25, -0.2) is 0 Å². The third-order valence-corrected chi connectivity index (χ3v) is 4.27. The van der Waals surface area contributed by atoms with Crippen LogP contribution in [0.25, 0.3) is 11.1 Å². The van der Waals surface area contributed by atoms with Gasteiger partial charge in [0.1, 0.15) is 5.75 Å². The molecular formula is C18H23ClN2O. The second kappa shape index (κ2) is 7.12. The Morgan fingerprint density at radius 1 is 1.32 bits per heavy atom. The van der Waals surface area contributed by atoms with E-state index in [4.69, 9.17) is 22.1 Å². The largest absolute Gasteiger partial charge is 0.493 e. The van der Waals surface area contributed by atoms with Crippen molar-refractivity contribution in [2.75, 3.05) is 13.2 Å². The Morgan fingerprint density at radius 2 is 2.05 bits per heavy atom. The molecule has 0 radical (unpaired) electrons. The fraction of sp³-hybridized carbons (Fsp3) is 0.389. The first kappa shape index (κ1) is 16.8. The van der Waals surface area contributed by atoms with Gasteiger partial charge in [-0.2, -0.15) is 0 Å². The number of ether oxygens (including phenoxy) is 1. The molecule has 1 heterocycles. The zero-order valence-corrected chi connectivity index (χ0v) is 14.4. The molecule has 1 atom stereocenters. The first-order valence-electron chi connectivity index (χ1n) is 7.58. The monoisotopic (exact) mass is 318 g/mol. The topological polar surface area (TPSA) is 48.1 Å². The van der Waals surface area contributed by atoms with Crippen LogP contribution in [0.3, 0.4) is 0 Å². The van der Waals surface area contributed by atoms with Gasteiger partial charge >= 0.3 is 0 Å². The quantitative estimate of drug-likeness (QED) is 0.884. The lowest BCUT2D eigenvalue weighted by Crippen LogP contribution is -2.12. The van der Waals surface area contributed by atoms with Crippen LogP contribution in [-0.4, -0.2) is 18.1 Å². The number of rotatable bonds is 5. The number of benzene rings is 1. The molecule has 0 fully saturated rings. The van der Waals surface area contributed by atoms with Gasteiger partial charge in [-0.15, -0.1) is 0 Å². The van der Waals surface area contributed by atoms with Crippen molar-refractivity contribution in [3.05, 3.63) is 46.2 Å². The summed E-state index contributed by atoms with van der Waals surface area (Å²) in [6.45, 7) is 9.19. The molecule has 2 N–H and O–H groups in total. The Hall–Kier alpha value is -1.58. The van der Waals surface area contributed by atoms with E-state index in [0.29, 0.717) is 13.2 Å². The average molecular weight is 319 g/mol. The third-order valence-electron chi connectivity index (χ3n) is 3.88. The number of hydrogen-bond donors (Lipinski definition) is 1. The van der Waals surface area contributed by atoms with Crippen LogP contribution in [0.5, 0.6) is 5.75 Å². The van der Waals surface area contributed by atoms with E-state index in [0.717, 1.165) is 38.7 Å². The van der Waals surface area contributed by atoms with Crippen LogP contribution in [-0.2, 0) is 0 Å². The van der Waals surface area contributed by atoms with Crippen LogP contribution >= 0.6 is 11.6 Å². The highest BCUT2D eigenvalue weighted by molar-refractivity contribution is 6.32. The van der Waals surface area contributed by atoms with Crippen LogP contribution in [0.15, 0.2) is 24.4 Å². The van der Waals surface area contributed by atoms with Crippen molar-refractivity contribution in [3.8, 4) is 16.9 Å². The summed E-state index contributed by atoms with van der Waals surface area (Å²) in [7, 11) is 0. The van der Waals surface area contributed by atoms with E-state index < -0.39 is 0 Å². The van der Waals surface area contributed by atoms with Crippen molar-refractivity contribution >= 4 is 11.6 Å². The maximum Gasteiger partial charge on any atom is 0.131 e. The number of pyridine rings is 1. The molecule has 0 spiro atoms. The van der Waals surface area contributed by atoms with Gasteiger partial charge < -0.3 is 10.5 Å². The average Bonchev–Trinajstić information content (AvgIpc) is 2.51. The third kappa shape index (κ3) is 3.26. The van der Waals surface area contributed by atoms with E-state index in [1.807, 2.05) is 39.1 Å². The molecule has 0 bridgehead atoms. The summed E-state index contributed by atoms with van der Waals surface area (Å²) in [5.41, 5.74) is 10.9. The summed E-state index contributed by atoms with van der Waals surface area (Å²) < 4.78 is 5.97. The molecule has 3 nitrogen and oxygen atoms in total. The van der Waals surface area contributed by atoms with E-state index >= 15 is 0 Å². The van der Waals surface area contributed by atoms with Gasteiger partial charge in [0.15, 0.2) is 0 Å². The maximum atomic E-state index is 6.46. The highest BCUT2D eigenvalue weighted by Gasteiger charge is 2.20.